The number of nitrogens with two attached hydrogens (primary N) is 1. The van der Waals surface area contributed by atoms with Crippen LogP contribution in [0.4, 0.5) is 0 Å². The maximum absolute atomic E-state index is 12.5. The molecule has 31 heavy (non-hydrogen) atoms. The average Bonchev–Trinajstić information content (AvgIpc) is 2.76. The number of carboxylic acids is 1. The molecule has 0 spiro atoms. The summed E-state index contributed by atoms with van der Waals surface area (Å²) < 4.78 is 11.3. The summed E-state index contributed by atoms with van der Waals surface area (Å²) in [4.78, 5) is 23.4. The summed E-state index contributed by atoms with van der Waals surface area (Å²) in [7, 11) is 0. The molecule has 0 radical (unpaired) electrons. The molecule has 3 rings (SSSR count). The normalized spacial score (nSPS) is 18.3. The zero-order valence-corrected chi connectivity index (χ0v) is 18.0. The van der Waals surface area contributed by atoms with Crippen LogP contribution in [0.25, 0.3) is 0 Å². The van der Waals surface area contributed by atoms with Gasteiger partial charge in [0, 0.05) is 13.0 Å². The average molecular weight is 430 g/mol. The molecule has 1 aliphatic rings. The Morgan fingerprint density at radius 1 is 1.19 bits per heavy atom. The van der Waals surface area contributed by atoms with Crippen molar-refractivity contribution in [1.82, 2.24) is 0 Å². The minimum atomic E-state index is -1.57. The first-order valence-corrected chi connectivity index (χ1v) is 10.5. The zero-order valence-electron chi connectivity index (χ0n) is 18.0. The number of carbonyl (C=O) groups excluding carboxylic acids is 1. The van der Waals surface area contributed by atoms with E-state index in [2.05, 4.69) is 0 Å². The molecule has 0 saturated carbocycles. The van der Waals surface area contributed by atoms with Crippen LogP contribution < -0.4 is 10.5 Å². The van der Waals surface area contributed by atoms with Crippen LogP contribution in [-0.4, -0.2) is 40.4 Å². The number of aliphatic carboxylic acids is 1. The van der Waals surface area contributed by atoms with Crippen molar-refractivity contribution < 1.29 is 29.3 Å². The monoisotopic (exact) mass is 429 g/mol. The van der Waals surface area contributed by atoms with E-state index in [1.165, 1.54) is 0 Å². The molecule has 2 unspecified atom stereocenters. The van der Waals surface area contributed by atoms with Gasteiger partial charge in [-0.3, -0.25) is 9.59 Å². The number of fused-ring (bicyclic) bond motifs is 1. The fourth-order valence-electron chi connectivity index (χ4n) is 3.29. The lowest BCUT2D eigenvalue weighted by molar-refractivity contribution is -0.147. The van der Waals surface area contributed by atoms with Crippen LogP contribution in [0.1, 0.15) is 54.6 Å². The largest absolute Gasteiger partial charge is 0.480 e. The zero-order chi connectivity index (χ0) is 22.9. The number of ether oxygens (including phenoxy) is 2. The van der Waals surface area contributed by atoms with E-state index in [9.17, 15) is 14.7 Å². The fraction of sp³-hybridized carbons (Fsp3) is 0.417. The summed E-state index contributed by atoms with van der Waals surface area (Å²) in [6, 6.07) is 13.6. The van der Waals surface area contributed by atoms with Crippen molar-refractivity contribution >= 4 is 11.8 Å². The first-order valence-electron chi connectivity index (χ1n) is 10.5. The van der Waals surface area contributed by atoms with Gasteiger partial charge < -0.3 is 25.4 Å². The Bertz CT molecular complexity index is 870. The van der Waals surface area contributed by atoms with Crippen LogP contribution in [0.5, 0.6) is 5.75 Å². The molecule has 0 bridgehead atoms. The fourth-order valence-corrected chi connectivity index (χ4v) is 3.29. The summed E-state index contributed by atoms with van der Waals surface area (Å²) in [5.41, 5.74) is 7.60. The number of hydrogen-bond acceptors (Lipinski definition) is 6. The second kappa shape index (κ2) is 11.6. The van der Waals surface area contributed by atoms with Gasteiger partial charge in [0.25, 0.3) is 0 Å². The quantitative estimate of drug-likeness (QED) is 0.523. The summed E-state index contributed by atoms with van der Waals surface area (Å²) in [5.74, 6) is -2.63. The van der Waals surface area contributed by atoms with E-state index in [1.807, 2.05) is 44.2 Å². The molecule has 7 nitrogen and oxygen atoms in total. The van der Waals surface area contributed by atoms with Crippen molar-refractivity contribution in [3.05, 3.63) is 65.2 Å². The van der Waals surface area contributed by atoms with E-state index >= 15 is 0 Å². The van der Waals surface area contributed by atoms with Crippen LogP contribution in [0.2, 0.25) is 0 Å². The third-order valence-electron chi connectivity index (χ3n) is 4.82. The van der Waals surface area contributed by atoms with Crippen molar-refractivity contribution in [1.29, 1.82) is 0 Å². The second-order valence-corrected chi connectivity index (χ2v) is 7.27. The SMILES string of the molecule is CC.NC(Cc1ccc2c(c1)C(=O)CC(O)(CCCOCc1ccccc1)O2)C(=O)O. The Morgan fingerprint density at radius 3 is 2.58 bits per heavy atom. The summed E-state index contributed by atoms with van der Waals surface area (Å²) >= 11 is 0. The van der Waals surface area contributed by atoms with Gasteiger partial charge in [-0.15, -0.1) is 0 Å². The number of benzene rings is 2. The molecule has 1 aliphatic heterocycles. The summed E-state index contributed by atoms with van der Waals surface area (Å²) in [5, 5.41) is 19.6. The summed E-state index contributed by atoms with van der Waals surface area (Å²) in [6.07, 6.45) is 0.752. The number of ketones is 1. The number of aliphatic hydroxyl groups is 1. The van der Waals surface area contributed by atoms with Crippen LogP contribution in [0.3, 0.4) is 0 Å². The minimum absolute atomic E-state index is 0.110. The minimum Gasteiger partial charge on any atom is -0.480 e. The third kappa shape index (κ3) is 7.17. The molecule has 2 aromatic rings. The molecule has 0 aliphatic carbocycles. The molecule has 0 fully saturated rings. The number of hydrogen-bond donors (Lipinski definition) is 3. The summed E-state index contributed by atoms with van der Waals surface area (Å²) in [6.45, 7) is 4.93. The second-order valence-electron chi connectivity index (χ2n) is 7.27. The highest BCUT2D eigenvalue weighted by molar-refractivity contribution is 6.00. The van der Waals surface area contributed by atoms with E-state index in [-0.39, 0.29) is 25.0 Å². The standard InChI is InChI=1S/C22H25NO6.C2H6/c23-18(21(25)26)12-16-7-8-20-17(11-16)19(24)13-22(27,29-20)9-4-10-28-14-15-5-2-1-3-6-15;1-2/h1-3,5-8,11,18,27H,4,9-10,12-14,23H2,(H,25,26);1-2H3. The van der Waals surface area contributed by atoms with Gasteiger partial charge in [0.2, 0.25) is 5.79 Å². The predicted molar refractivity (Wildman–Crippen MR) is 117 cm³/mol. The Balaban J connectivity index is 0.00000166. The van der Waals surface area contributed by atoms with Crippen LogP contribution in [0.15, 0.2) is 48.5 Å². The first kappa shape index (κ1) is 24.5. The van der Waals surface area contributed by atoms with Crippen molar-refractivity contribution in [2.75, 3.05) is 6.61 Å². The van der Waals surface area contributed by atoms with E-state index in [0.29, 0.717) is 36.5 Å². The Labute approximate surface area is 182 Å². The van der Waals surface area contributed by atoms with Gasteiger partial charge in [-0.2, -0.15) is 0 Å². The smallest absolute Gasteiger partial charge is 0.320 e. The van der Waals surface area contributed by atoms with E-state index in [1.54, 1.807) is 18.2 Å². The number of carboxylic acid groups (broad SMARTS) is 1. The van der Waals surface area contributed by atoms with Crippen molar-refractivity contribution in [2.24, 2.45) is 5.73 Å². The topological polar surface area (TPSA) is 119 Å². The number of rotatable bonds is 9. The molecular weight excluding hydrogens is 398 g/mol. The van der Waals surface area contributed by atoms with E-state index < -0.39 is 17.8 Å². The first-order chi connectivity index (χ1) is 14.9. The lowest BCUT2D eigenvalue weighted by Gasteiger charge is -2.33. The number of Topliss-reactive ketones (excluding diaryl/α,β-unsaturated/α-hetero) is 1. The maximum atomic E-state index is 12.5. The lowest BCUT2D eigenvalue weighted by Crippen LogP contribution is -2.42. The maximum Gasteiger partial charge on any atom is 0.320 e. The van der Waals surface area contributed by atoms with Gasteiger partial charge in [0.1, 0.15) is 11.8 Å². The third-order valence-corrected chi connectivity index (χ3v) is 4.82. The van der Waals surface area contributed by atoms with Gasteiger partial charge in [-0.05, 0) is 36.1 Å². The Kier molecular flexibility index (Phi) is 9.18. The van der Waals surface area contributed by atoms with Crippen LogP contribution >= 0.6 is 0 Å². The highest BCUT2D eigenvalue weighted by Crippen LogP contribution is 2.35. The van der Waals surface area contributed by atoms with Crippen molar-refractivity contribution in [2.45, 2.75) is 58.0 Å². The molecule has 0 amide bonds. The Morgan fingerprint density at radius 2 is 1.90 bits per heavy atom. The molecule has 0 aromatic heterocycles. The molecule has 168 valence electrons. The molecule has 7 heteroatoms. The van der Waals surface area contributed by atoms with E-state index in [0.717, 1.165) is 5.56 Å². The van der Waals surface area contributed by atoms with Gasteiger partial charge in [0.05, 0.1) is 18.6 Å². The highest BCUT2D eigenvalue weighted by Gasteiger charge is 2.38. The lowest BCUT2D eigenvalue weighted by atomic mass is 9.93. The molecule has 4 N–H and O–H groups in total. The van der Waals surface area contributed by atoms with Gasteiger partial charge >= 0.3 is 5.97 Å². The van der Waals surface area contributed by atoms with Gasteiger partial charge in [-0.25, -0.2) is 0 Å². The van der Waals surface area contributed by atoms with Gasteiger partial charge in [-0.1, -0.05) is 50.2 Å². The molecule has 0 saturated heterocycles. The highest BCUT2D eigenvalue weighted by atomic mass is 16.6. The van der Waals surface area contributed by atoms with Crippen molar-refractivity contribution in [3.63, 3.8) is 0 Å². The molecule has 2 atom stereocenters. The number of carbonyl (C=O) groups is 2. The molecule has 1 heterocycles. The van der Waals surface area contributed by atoms with Crippen molar-refractivity contribution in [3.8, 4) is 5.75 Å². The predicted octanol–water partition coefficient (Wildman–Crippen LogP) is 3.32. The Hall–Kier alpha value is -2.74. The molecular formula is C24H31NO6. The van der Waals surface area contributed by atoms with Crippen LogP contribution in [0, 0.1) is 0 Å². The van der Waals surface area contributed by atoms with Crippen LogP contribution in [-0.2, 0) is 22.6 Å². The molecule has 2 aromatic carbocycles. The van der Waals surface area contributed by atoms with Gasteiger partial charge in [0.15, 0.2) is 5.78 Å². The van der Waals surface area contributed by atoms with E-state index in [4.69, 9.17) is 20.3 Å².